The number of carbonyl (C=O) groups is 1. The van der Waals surface area contributed by atoms with E-state index in [0.29, 0.717) is 6.92 Å². The summed E-state index contributed by atoms with van der Waals surface area (Å²) in [5.41, 5.74) is -2.38. The van der Waals surface area contributed by atoms with Gasteiger partial charge in [0, 0.05) is 44.7 Å². The van der Waals surface area contributed by atoms with E-state index in [9.17, 15) is 31.8 Å². The van der Waals surface area contributed by atoms with Crippen LogP contribution in [0, 0.1) is 15.4 Å². The molecule has 2 aromatic rings. The molecule has 0 saturated heterocycles. The lowest BCUT2D eigenvalue weighted by Crippen LogP contribution is -2.47. The Labute approximate surface area is 186 Å². The van der Waals surface area contributed by atoms with E-state index in [4.69, 9.17) is 16.4 Å². The number of nitrogens with one attached hydrogen (secondary N) is 2. The van der Waals surface area contributed by atoms with E-state index < -0.39 is 67.2 Å². The molecule has 0 aromatic carbocycles. The highest BCUT2D eigenvalue weighted by Crippen LogP contribution is 2.53. The lowest BCUT2D eigenvalue weighted by Gasteiger charge is -2.44. The molecule has 1 saturated carbocycles. The summed E-state index contributed by atoms with van der Waals surface area (Å²) in [6.45, 7) is 1.81. The molecule has 0 aliphatic heterocycles. The van der Waals surface area contributed by atoms with Crippen LogP contribution in [-0.4, -0.2) is 32.1 Å². The molecule has 176 valence electrons. The Morgan fingerprint density at radius 2 is 2.06 bits per heavy atom. The lowest BCUT2D eigenvalue weighted by atomic mass is 9.67. The molecule has 1 aliphatic rings. The zero-order chi connectivity index (χ0) is 24.3. The summed E-state index contributed by atoms with van der Waals surface area (Å²) in [7, 11) is -3.43. The normalized spacial score (nSPS) is 19.1. The molecule has 0 bridgehead atoms. The first-order valence-corrected chi connectivity index (χ1v) is 11.6. The van der Waals surface area contributed by atoms with Gasteiger partial charge in [-0.2, -0.15) is 18.6 Å². The van der Waals surface area contributed by atoms with Crippen molar-refractivity contribution in [3.63, 3.8) is 0 Å². The van der Waals surface area contributed by atoms with Gasteiger partial charge in [-0.05, 0) is 5.41 Å². The zero-order valence-electron chi connectivity index (χ0n) is 17.2. The summed E-state index contributed by atoms with van der Waals surface area (Å²) in [6.07, 6.45) is 0.927. The van der Waals surface area contributed by atoms with E-state index in [-0.39, 0.29) is 17.0 Å². The second-order valence-electron chi connectivity index (χ2n) is 8.45. The van der Waals surface area contributed by atoms with Gasteiger partial charge in [0.2, 0.25) is 5.92 Å². The number of hydrogen-bond acceptors (Lipinski definition) is 5. The van der Waals surface area contributed by atoms with Crippen molar-refractivity contribution in [3.8, 4) is 0 Å². The van der Waals surface area contributed by atoms with Crippen molar-refractivity contribution in [3.05, 3.63) is 39.9 Å². The van der Waals surface area contributed by atoms with Gasteiger partial charge >= 0.3 is 0 Å². The minimum atomic E-state index is -3.51. The summed E-state index contributed by atoms with van der Waals surface area (Å²) in [5.74, 6) is -7.38. The smallest absolute Gasteiger partial charge is 0.291 e. The molecule has 1 aliphatic carbocycles. The number of nitrogens with zero attached hydrogens (tertiary/aromatic N) is 3. The predicted octanol–water partition coefficient (Wildman–Crippen LogP) is 4.00. The molecule has 2 heterocycles. The Morgan fingerprint density at radius 1 is 1.47 bits per heavy atom. The highest BCUT2D eigenvalue weighted by molar-refractivity contribution is 7.91. The molecule has 1 atom stereocenters. The van der Waals surface area contributed by atoms with Crippen molar-refractivity contribution in [1.82, 2.24) is 9.78 Å². The van der Waals surface area contributed by atoms with Crippen LogP contribution >= 0.6 is 11.6 Å². The molecule has 1 amide bonds. The van der Waals surface area contributed by atoms with Gasteiger partial charge in [0.05, 0.1) is 5.69 Å². The van der Waals surface area contributed by atoms with E-state index in [2.05, 4.69) is 10.4 Å². The first-order valence-electron chi connectivity index (χ1n) is 9.23. The number of aromatic nitrogens is 3. The van der Waals surface area contributed by atoms with Gasteiger partial charge in [-0.3, -0.25) is 9.48 Å². The fourth-order valence-corrected chi connectivity index (χ4v) is 4.88. The largest absolute Gasteiger partial charge is 0.618 e. The molecule has 8 nitrogen and oxygen atoms in total. The van der Waals surface area contributed by atoms with Crippen LogP contribution in [0.4, 0.5) is 23.2 Å². The molecule has 14 heteroatoms. The van der Waals surface area contributed by atoms with E-state index in [0.717, 1.165) is 29.3 Å². The van der Waals surface area contributed by atoms with Gasteiger partial charge < -0.3 is 10.5 Å². The Hall–Kier alpha value is -2.41. The highest BCUT2D eigenvalue weighted by atomic mass is 35.5. The topological polar surface area (TPSA) is 115 Å². The second-order valence-corrected chi connectivity index (χ2v) is 10.9. The fraction of sp³-hybridized carbons (Fsp3) is 0.500. The average Bonchev–Trinajstić information content (AvgIpc) is 2.89. The number of alkyl halides is 4. The first-order chi connectivity index (χ1) is 14.4. The van der Waals surface area contributed by atoms with Gasteiger partial charge in [0.15, 0.2) is 11.9 Å². The third-order valence-corrected chi connectivity index (χ3v) is 6.42. The molecule has 1 unspecified atom stereocenters. The standard InChI is InChI=1S/C18H20ClF4N5O3S/c1-16(7-18(22,23)8-16)9-27-13(12(19)14(26-27)17(2,20)21)15(29)25-10-4-5-28(30)11(6-10)32(3,24)31/h4-6,24H,7-9H2,1-3H3,(H,25,29). The zero-order valence-corrected chi connectivity index (χ0v) is 18.8. The van der Waals surface area contributed by atoms with Crippen LogP contribution in [-0.2, 0) is 22.2 Å². The predicted molar refractivity (Wildman–Crippen MR) is 108 cm³/mol. The lowest BCUT2D eigenvalue weighted by molar-refractivity contribution is -0.646. The minimum Gasteiger partial charge on any atom is -0.618 e. The van der Waals surface area contributed by atoms with E-state index in [1.165, 1.54) is 6.92 Å². The maximum Gasteiger partial charge on any atom is 0.291 e. The Balaban J connectivity index is 1.99. The van der Waals surface area contributed by atoms with Crippen LogP contribution in [0.3, 0.4) is 0 Å². The quantitative estimate of drug-likeness (QED) is 0.356. The van der Waals surface area contributed by atoms with Crippen molar-refractivity contribution < 1.29 is 31.3 Å². The third kappa shape index (κ3) is 4.82. The highest BCUT2D eigenvalue weighted by Gasteiger charge is 2.54. The van der Waals surface area contributed by atoms with Gasteiger partial charge in [0.25, 0.3) is 16.9 Å². The van der Waals surface area contributed by atoms with Gasteiger partial charge in [-0.25, -0.2) is 17.8 Å². The number of carbonyl (C=O) groups excluding carboxylic acids is 1. The van der Waals surface area contributed by atoms with Crippen molar-refractivity contribution in [2.24, 2.45) is 5.41 Å². The van der Waals surface area contributed by atoms with Crippen molar-refractivity contribution in [1.29, 1.82) is 4.78 Å². The van der Waals surface area contributed by atoms with Gasteiger partial charge in [-0.15, -0.1) is 0 Å². The monoisotopic (exact) mass is 497 g/mol. The SMILES string of the molecule is CC1(Cn2nc(C(C)(F)F)c(Cl)c2C(=O)Nc2cc[n+]([O-])c(S(C)(=N)=O)c2)CC(F)(F)C1. The molecule has 0 spiro atoms. The molecule has 0 radical (unpaired) electrons. The molecular formula is C18H20ClF4N5O3S. The second kappa shape index (κ2) is 7.58. The maximum atomic E-state index is 14.0. The van der Waals surface area contributed by atoms with Crippen LogP contribution in [0.5, 0.6) is 0 Å². The van der Waals surface area contributed by atoms with E-state index in [1.807, 2.05) is 0 Å². The van der Waals surface area contributed by atoms with Crippen molar-refractivity contribution in [2.75, 3.05) is 11.6 Å². The summed E-state index contributed by atoms with van der Waals surface area (Å²) < 4.78 is 75.4. The van der Waals surface area contributed by atoms with Gasteiger partial charge in [-0.1, -0.05) is 18.5 Å². The van der Waals surface area contributed by atoms with E-state index in [1.54, 1.807) is 0 Å². The maximum absolute atomic E-state index is 14.0. The van der Waals surface area contributed by atoms with Crippen LogP contribution in [0.1, 0.15) is 42.9 Å². The summed E-state index contributed by atoms with van der Waals surface area (Å²) >= 11 is 6.05. The third-order valence-electron chi connectivity index (χ3n) is 4.97. The first kappa shape index (κ1) is 24.2. The van der Waals surface area contributed by atoms with Crippen LogP contribution < -0.4 is 10.0 Å². The Kier molecular flexibility index (Phi) is 5.74. The van der Waals surface area contributed by atoms with Crippen molar-refractivity contribution in [2.45, 2.75) is 50.1 Å². The number of pyridine rings is 1. The molecule has 2 aromatic heterocycles. The van der Waals surface area contributed by atoms with Crippen molar-refractivity contribution >= 4 is 32.9 Å². The Bertz CT molecular complexity index is 1190. The number of anilines is 1. The Morgan fingerprint density at radius 3 is 2.56 bits per heavy atom. The summed E-state index contributed by atoms with van der Waals surface area (Å²) in [4.78, 5) is 12.9. The molecule has 3 rings (SSSR count). The number of hydrogen-bond donors (Lipinski definition) is 2. The van der Waals surface area contributed by atoms with Crippen LogP contribution in [0.15, 0.2) is 23.4 Å². The number of rotatable bonds is 6. The number of amides is 1. The van der Waals surface area contributed by atoms with E-state index >= 15 is 0 Å². The van der Waals surface area contributed by atoms with Crippen LogP contribution in [0.25, 0.3) is 0 Å². The molecule has 1 fully saturated rings. The number of halogens is 5. The van der Waals surface area contributed by atoms with Crippen LogP contribution in [0.2, 0.25) is 5.02 Å². The summed E-state index contributed by atoms with van der Waals surface area (Å²) in [6, 6.07) is 2.16. The molecular weight excluding hydrogens is 478 g/mol. The minimum absolute atomic E-state index is 0.0473. The summed E-state index contributed by atoms with van der Waals surface area (Å²) in [5, 5.41) is 16.8. The average molecular weight is 498 g/mol. The molecule has 2 N–H and O–H groups in total. The van der Waals surface area contributed by atoms with Gasteiger partial charge in [0.1, 0.15) is 20.4 Å². The fourth-order valence-electron chi connectivity index (χ4n) is 3.74. The molecule has 32 heavy (non-hydrogen) atoms.